The Balaban J connectivity index is 1.17. The van der Waals surface area contributed by atoms with Crippen molar-refractivity contribution in [1.29, 1.82) is 0 Å². The quantitative estimate of drug-likeness (QED) is 0.472. The highest BCUT2D eigenvalue weighted by atomic mass is 16.5. The summed E-state index contributed by atoms with van der Waals surface area (Å²) in [6.45, 7) is 2.22. The Kier molecular flexibility index (Phi) is 5.95. The molecule has 198 valence electrons. The van der Waals surface area contributed by atoms with Crippen LogP contribution in [0.15, 0.2) is 29.1 Å². The van der Waals surface area contributed by atoms with E-state index in [1.54, 1.807) is 0 Å². The third-order valence-electron chi connectivity index (χ3n) is 10.9. The van der Waals surface area contributed by atoms with Crippen LogP contribution < -0.4 is 5.56 Å². The second-order valence-corrected chi connectivity index (χ2v) is 12.6. The molecule has 2 bridgehead atoms. The zero-order valence-electron chi connectivity index (χ0n) is 22.2. The number of esters is 1. The summed E-state index contributed by atoms with van der Waals surface area (Å²) in [7, 11) is 0. The summed E-state index contributed by atoms with van der Waals surface area (Å²) < 4.78 is 7.23. The molecular weight excluding hydrogens is 462 g/mol. The van der Waals surface area contributed by atoms with Gasteiger partial charge in [0.15, 0.2) is 0 Å². The number of carbonyl (C=O) groups is 1. The van der Waals surface area contributed by atoms with Crippen LogP contribution in [-0.4, -0.2) is 45.2 Å². The molecule has 4 saturated carbocycles. The van der Waals surface area contributed by atoms with Gasteiger partial charge < -0.3 is 9.30 Å². The summed E-state index contributed by atoms with van der Waals surface area (Å²) in [6, 6.07) is 10.5. The van der Waals surface area contributed by atoms with E-state index in [0.29, 0.717) is 43.6 Å². The van der Waals surface area contributed by atoms with Crippen molar-refractivity contribution in [3.05, 3.63) is 40.3 Å². The average molecular weight is 504 g/mol. The number of fused-ring (bicyclic) bond motifs is 3. The lowest BCUT2D eigenvalue weighted by atomic mass is 9.49. The number of carbonyl (C=O) groups excluding carboxylic acids is 1. The average Bonchev–Trinajstić information content (AvgIpc) is 3.31. The molecule has 5 fully saturated rings. The summed E-state index contributed by atoms with van der Waals surface area (Å²) in [5, 5.41) is 0. The Morgan fingerprint density at radius 3 is 2.65 bits per heavy atom. The van der Waals surface area contributed by atoms with Gasteiger partial charge in [0.05, 0.1) is 17.6 Å². The molecule has 37 heavy (non-hydrogen) atoms. The van der Waals surface area contributed by atoms with Crippen LogP contribution in [0.25, 0.3) is 11.0 Å². The number of likely N-dealkylation sites (tertiary alicyclic amines) is 1. The van der Waals surface area contributed by atoms with Crippen molar-refractivity contribution in [3.63, 3.8) is 0 Å². The number of benzene rings is 1. The number of ether oxygens (including phenoxy) is 1. The van der Waals surface area contributed by atoms with Crippen molar-refractivity contribution in [2.75, 3.05) is 6.61 Å². The number of aromatic nitrogens is 2. The lowest BCUT2D eigenvalue weighted by Gasteiger charge is -2.74. The highest BCUT2D eigenvalue weighted by molar-refractivity contribution is 5.75. The summed E-state index contributed by atoms with van der Waals surface area (Å²) in [5.74, 6) is 1.71. The molecule has 0 radical (unpaired) electrons. The van der Waals surface area contributed by atoms with E-state index < -0.39 is 0 Å². The van der Waals surface area contributed by atoms with Gasteiger partial charge in [-0.2, -0.15) is 0 Å². The molecule has 3 unspecified atom stereocenters. The molecule has 1 aliphatic heterocycles. The van der Waals surface area contributed by atoms with Crippen LogP contribution in [0.1, 0.15) is 95.7 Å². The topological polar surface area (TPSA) is 64.4 Å². The van der Waals surface area contributed by atoms with E-state index >= 15 is 0 Å². The molecule has 1 spiro atoms. The Hall–Kier alpha value is -2.21. The Bertz CT molecular complexity index is 1240. The van der Waals surface area contributed by atoms with Gasteiger partial charge in [-0.15, -0.1) is 0 Å². The number of nitrogens with zero attached hydrogens (tertiary/aromatic N) is 3. The van der Waals surface area contributed by atoms with Crippen LogP contribution in [0, 0.1) is 17.3 Å². The molecule has 4 aliphatic carbocycles. The molecule has 2 heterocycles. The van der Waals surface area contributed by atoms with Crippen molar-refractivity contribution in [1.82, 2.24) is 14.5 Å². The summed E-state index contributed by atoms with van der Waals surface area (Å²) in [4.78, 5) is 33.6. The number of aryl methyl sites for hydroxylation is 1. The Labute approximate surface area is 219 Å². The highest BCUT2D eigenvalue weighted by Crippen LogP contribution is 2.71. The molecule has 1 aromatic heterocycles. The van der Waals surface area contributed by atoms with Crippen molar-refractivity contribution >= 4 is 17.0 Å². The van der Waals surface area contributed by atoms with E-state index in [1.807, 2.05) is 25.1 Å². The largest absolute Gasteiger partial charge is 0.466 e. The third-order valence-corrected chi connectivity index (χ3v) is 10.9. The van der Waals surface area contributed by atoms with Crippen LogP contribution >= 0.6 is 0 Å². The van der Waals surface area contributed by atoms with E-state index in [2.05, 4.69) is 15.5 Å². The summed E-state index contributed by atoms with van der Waals surface area (Å²) >= 11 is 0. The zero-order chi connectivity index (χ0) is 25.1. The SMILES string of the molecule is CCOC(=O)CCCc1nc2ccccc2n([C@@H]2C[C@H]3N(C4CC5CCCC(C5)C4)[C@@H]4CCCC432)c1=O. The monoisotopic (exact) mass is 503 g/mol. The van der Waals surface area contributed by atoms with Gasteiger partial charge in [-0.25, -0.2) is 4.98 Å². The van der Waals surface area contributed by atoms with Crippen molar-refractivity contribution in [2.24, 2.45) is 17.3 Å². The number of hydrogen-bond donors (Lipinski definition) is 0. The van der Waals surface area contributed by atoms with Crippen LogP contribution in [0.2, 0.25) is 0 Å². The van der Waals surface area contributed by atoms with Crippen LogP contribution in [-0.2, 0) is 16.0 Å². The predicted molar refractivity (Wildman–Crippen MR) is 143 cm³/mol. The molecule has 1 saturated heterocycles. The van der Waals surface area contributed by atoms with Gasteiger partial charge in [0, 0.05) is 36.0 Å². The van der Waals surface area contributed by atoms with Gasteiger partial charge in [-0.3, -0.25) is 14.5 Å². The molecule has 6 atom stereocenters. The first-order valence-electron chi connectivity index (χ1n) is 15.0. The van der Waals surface area contributed by atoms with Gasteiger partial charge in [0.2, 0.25) is 0 Å². The number of para-hydroxylation sites is 2. The standard InChI is InChI=1S/C31H41N3O3/c1-2-37-29(35)14-6-11-24-30(36)34(25-12-4-3-10-23(25)32-24)28-19-27-31(28)15-7-13-26(31)33(27)22-17-20-8-5-9-21(16-20)18-22/h3-4,10,12,20-22,26-28H,2,5-9,11,13-19H2,1H3/t20?,21?,22?,26-,27-,28-,31?/m1/s1. The van der Waals surface area contributed by atoms with Gasteiger partial charge in [0.25, 0.3) is 5.56 Å². The summed E-state index contributed by atoms with van der Waals surface area (Å²) in [5.41, 5.74) is 2.82. The third kappa shape index (κ3) is 3.65. The van der Waals surface area contributed by atoms with E-state index in [-0.39, 0.29) is 23.0 Å². The molecule has 6 nitrogen and oxygen atoms in total. The fourth-order valence-electron chi connectivity index (χ4n) is 9.59. The molecular formula is C31H41N3O3. The molecule has 6 heteroatoms. The minimum absolute atomic E-state index is 0.0664. The predicted octanol–water partition coefficient (Wildman–Crippen LogP) is 5.42. The maximum Gasteiger partial charge on any atom is 0.305 e. The lowest BCUT2D eigenvalue weighted by molar-refractivity contribution is -0.246. The number of piperidine rings is 1. The molecule has 1 aromatic carbocycles. The Morgan fingerprint density at radius 2 is 1.84 bits per heavy atom. The first kappa shape index (κ1) is 23.9. The van der Waals surface area contributed by atoms with Crippen LogP contribution in [0.5, 0.6) is 0 Å². The van der Waals surface area contributed by atoms with E-state index in [4.69, 9.17) is 9.72 Å². The van der Waals surface area contributed by atoms with E-state index in [0.717, 1.165) is 35.3 Å². The van der Waals surface area contributed by atoms with Crippen LogP contribution in [0.4, 0.5) is 0 Å². The second kappa shape index (κ2) is 9.21. The molecule has 0 N–H and O–H groups in total. The first-order chi connectivity index (χ1) is 18.1. The summed E-state index contributed by atoms with van der Waals surface area (Å²) in [6.07, 6.45) is 15.0. The maximum absolute atomic E-state index is 14.0. The van der Waals surface area contributed by atoms with Crippen molar-refractivity contribution in [3.8, 4) is 0 Å². The van der Waals surface area contributed by atoms with Gasteiger partial charge in [-0.05, 0) is 82.3 Å². The van der Waals surface area contributed by atoms with Crippen molar-refractivity contribution in [2.45, 2.75) is 115 Å². The number of hydrogen-bond acceptors (Lipinski definition) is 5. The minimum Gasteiger partial charge on any atom is -0.466 e. The molecule has 7 rings (SSSR count). The zero-order valence-corrected chi connectivity index (χ0v) is 22.2. The maximum atomic E-state index is 14.0. The molecule has 0 amide bonds. The smallest absolute Gasteiger partial charge is 0.305 e. The van der Waals surface area contributed by atoms with Crippen molar-refractivity contribution < 1.29 is 9.53 Å². The fraction of sp³-hybridized carbons (Fsp3) is 0.710. The van der Waals surface area contributed by atoms with Crippen LogP contribution in [0.3, 0.4) is 0 Å². The molecule has 2 aromatic rings. The number of rotatable bonds is 7. The second-order valence-electron chi connectivity index (χ2n) is 12.6. The minimum atomic E-state index is -0.195. The Morgan fingerprint density at radius 1 is 1.03 bits per heavy atom. The highest BCUT2D eigenvalue weighted by Gasteiger charge is 2.74. The normalized spacial score (nSPS) is 36.4. The first-order valence-corrected chi connectivity index (χ1v) is 15.0. The fourth-order valence-corrected chi connectivity index (χ4v) is 9.59. The van der Waals surface area contributed by atoms with Gasteiger partial charge in [0.1, 0.15) is 5.69 Å². The van der Waals surface area contributed by atoms with E-state index in [9.17, 15) is 9.59 Å². The molecule has 5 aliphatic rings. The van der Waals surface area contributed by atoms with Gasteiger partial charge >= 0.3 is 5.97 Å². The van der Waals surface area contributed by atoms with E-state index in [1.165, 1.54) is 57.8 Å². The lowest BCUT2D eigenvalue weighted by Crippen LogP contribution is -2.81. The van der Waals surface area contributed by atoms with Gasteiger partial charge in [-0.1, -0.05) is 37.8 Å².